The van der Waals surface area contributed by atoms with Crippen molar-refractivity contribution in [3.63, 3.8) is 0 Å². The molecule has 0 saturated carbocycles. The Morgan fingerprint density at radius 2 is 2.25 bits per heavy atom. The Morgan fingerprint density at radius 1 is 1.62 bits per heavy atom. The summed E-state index contributed by atoms with van der Waals surface area (Å²) in [4.78, 5) is 3.83. The monoisotopic (exact) mass is 112 g/mol. The maximum absolute atomic E-state index is 8.79. The summed E-state index contributed by atoms with van der Waals surface area (Å²) < 4.78 is 1.01. The van der Waals surface area contributed by atoms with Crippen molar-refractivity contribution in [3.8, 4) is 0 Å². The molecule has 0 aliphatic carbocycles. The third-order valence-electron chi connectivity index (χ3n) is 1.23. The molecule has 0 aromatic carbocycles. The number of rotatable bonds is 0. The van der Waals surface area contributed by atoms with Gasteiger partial charge in [-0.15, -0.1) is 0 Å². The summed E-state index contributed by atoms with van der Waals surface area (Å²) in [6.45, 7) is 3.66. The Balaban J connectivity index is 3.19. The Bertz CT molecular complexity index is 173. The van der Waals surface area contributed by atoms with Gasteiger partial charge < -0.3 is 5.21 Å². The van der Waals surface area contributed by atoms with Gasteiger partial charge in [0.2, 0.25) is 0 Å². The van der Waals surface area contributed by atoms with Crippen molar-refractivity contribution in [2.24, 2.45) is 0 Å². The maximum atomic E-state index is 8.79. The second-order valence-electron chi connectivity index (χ2n) is 1.76. The molecule has 0 radical (unpaired) electrons. The van der Waals surface area contributed by atoms with Crippen LogP contribution >= 0.6 is 0 Å². The number of aryl methyl sites for hydroxylation is 1. The fourth-order valence-electron chi connectivity index (χ4n) is 0.487. The van der Waals surface area contributed by atoms with Gasteiger partial charge in [0.05, 0.1) is 11.4 Å². The summed E-state index contributed by atoms with van der Waals surface area (Å²) in [6.07, 6.45) is 1.38. The van der Waals surface area contributed by atoms with Crippen LogP contribution in [0.3, 0.4) is 0 Å². The van der Waals surface area contributed by atoms with E-state index in [4.69, 9.17) is 5.21 Å². The second-order valence-corrected chi connectivity index (χ2v) is 1.76. The first-order valence-corrected chi connectivity index (χ1v) is 2.41. The van der Waals surface area contributed by atoms with E-state index in [1.54, 1.807) is 0 Å². The molecule has 0 aliphatic heterocycles. The van der Waals surface area contributed by atoms with Gasteiger partial charge in [-0.1, -0.05) is 0 Å². The van der Waals surface area contributed by atoms with Gasteiger partial charge in [0, 0.05) is 0 Å². The molecule has 1 heterocycles. The van der Waals surface area contributed by atoms with Crippen molar-refractivity contribution in [2.45, 2.75) is 13.8 Å². The van der Waals surface area contributed by atoms with Gasteiger partial charge in [0.1, 0.15) is 6.33 Å². The van der Waals surface area contributed by atoms with Gasteiger partial charge in [-0.25, -0.2) is 4.98 Å². The summed E-state index contributed by atoms with van der Waals surface area (Å²) in [5.74, 6) is 0. The lowest BCUT2D eigenvalue weighted by atomic mass is 10.4. The molecule has 3 nitrogen and oxygen atoms in total. The lowest BCUT2D eigenvalue weighted by molar-refractivity contribution is 0.179. The molecule has 0 atom stereocenters. The predicted octanol–water partition coefficient (Wildman–Crippen LogP) is 0.737. The van der Waals surface area contributed by atoms with Crippen molar-refractivity contribution in [1.82, 2.24) is 9.71 Å². The van der Waals surface area contributed by atoms with E-state index in [0.29, 0.717) is 0 Å². The normalized spacial score (nSPS) is 9.75. The van der Waals surface area contributed by atoms with Crippen molar-refractivity contribution in [2.75, 3.05) is 0 Å². The summed E-state index contributed by atoms with van der Waals surface area (Å²) in [5.41, 5.74) is 1.66. The third kappa shape index (κ3) is 0.559. The van der Waals surface area contributed by atoms with E-state index >= 15 is 0 Å². The van der Waals surface area contributed by atoms with E-state index in [9.17, 15) is 0 Å². The van der Waals surface area contributed by atoms with Gasteiger partial charge in [-0.05, 0) is 13.8 Å². The number of nitrogens with zero attached hydrogens (tertiary/aromatic N) is 2. The zero-order valence-corrected chi connectivity index (χ0v) is 4.92. The topological polar surface area (TPSA) is 38.0 Å². The lowest BCUT2D eigenvalue weighted by Crippen LogP contribution is -1.89. The molecule has 0 spiro atoms. The van der Waals surface area contributed by atoms with Gasteiger partial charge in [0.15, 0.2) is 0 Å². The predicted molar refractivity (Wildman–Crippen MR) is 28.9 cm³/mol. The van der Waals surface area contributed by atoms with Gasteiger partial charge in [-0.2, -0.15) is 4.73 Å². The van der Waals surface area contributed by atoms with Gasteiger partial charge in [0.25, 0.3) is 0 Å². The van der Waals surface area contributed by atoms with Crippen molar-refractivity contribution < 1.29 is 5.21 Å². The molecular formula is C5H8N2O. The fraction of sp³-hybridized carbons (Fsp3) is 0.400. The quantitative estimate of drug-likeness (QED) is 0.502. The summed E-state index contributed by atoms with van der Waals surface area (Å²) in [6, 6.07) is 0. The van der Waals surface area contributed by atoms with E-state index in [0.717, 1.165) is 16.1 Å². The van der Waals surface area contributed by atoms with Crippen LogP contribution in [0, 0.1) is 13.8 Å². The molecule has 44 valence electrons. The Kier molecular flexibility index (Phi) is 0.970. The molecule has 1 N–H and O–H groups in total. The second kappa shape index (κ2) is 1.51. The molecule has 0 bridgehead atoms. The summed E-state index contributed by atoms with van der Waals surface area (Å²) >= 11 is 0. The highest BCUT2D eigenvalue weighted by Gasteiger charge is 1.96. The van der Waals surface area contributed by atoms with Crippen molar-refractivity contribution in [1.29, 1.82) is 0 Å². The third-order valence-corrected chi connectivity index (χ3v) is 1.23. The molecule has 1 aromatic heterocycles. The highest BCUT2D eigenvalue weighted by molar-refractivity contribution is 5.06. The molecule has 0 fully saturated rings. The molecule has 0 saturated heterocycles. The molecule has 8 heavy (non-hydrogen) atoms. The lowest BCUT2D eigenvalue weighted by Gasteiger charge is -1.89. The van der Waals surface area contributed by atoms with E-state index in [1.807, 2.05) is 13.8 Å². The average Bonchev–Trinajstić information content (AvgIpc) is 1.98. The number of imidazole rings is 1. The minimum atomic E-state index is 0.796. The van der Waals surface area contributed by atoms with Crippen LogP contribution in [0.15, 0.2) is 6.33 Å². The number of aromatic nitrogens is 2. The van der Waals surface area contributed by atoms with Gasteiger partial charge in [-0.3, -0.25) is 0 Å². The zero-order chi connectivity index (χ0) is 6.15. The van der Waals surface area contributed by atoms with Crippen molar-refractivity contribution >= 4 is 0 Å². The maximum Gasteiger partial charge on any atom is 0.132 e. The van der Waals surface area contributed by atoms with E-state index in [1.165, 1.54) is 6.33 Å². The van der Waals surface area contributed by atoms with E-state index < -0.39 is 0 Å². The van der Waals surface area contributed by atoms with Crippen molar-refractivity contribution in [3.05, 3.63) is 17.7 Å². The molecule has 1 rings (SSSR count). The van der Waals surface area contributed by atoms with Crippen LogP contribution in [0.1, 0.15) is 11.4 Å². The molecule has 0 amide bonds. The SMILES string of the molecule is Cc1ncn(O)c1C. The minimum Gasteiger partial charge on any atom is -0.427 e. The first-order valence-electron chi connectivity index (χ1n) is 2.41. The first kappa shape index (κ1) is 5.15. The van der Waals surface area contributed by atoms with Crippen LogP contribution in [0.25, 0.3) is 0 Å². The van der Waals surface area contributed by atoms with Crippen LogP contribution in [0.5, 0.6) is 0 Å². The number of hydrogen-bond donors (Lipinski definition) is 1. The summed E-state index contributed by atoms with van der Waals surface area (Å²) in [5, 5.41) is 8.79. The van der Waals surface area contributed by atoms with Crippen LogP contribution in [-0.4, -0.2) is 14.9 Å². The molecule has 3 heteroatoms. The molecule has 1 aromatic rings. The Morgan fingerprint density at radius 3 is 2.38 bits per heavy atom. The molecule has 0 unspecified atom stereocenters. The largest absolute Gasteiger partial charge is 0.427 e. The van der Waals surface area contributed by atoms with Crippen LogP contribution < -0.4 is 0 Å². The van der Waals surface area contributed by atoms with Crippen LogP contribution in [0.2, 0.25) is 0 Å². The van der Waals surface area contributed by atoms with Crippen LogP contribution in [-0.2, 0) is 0 Å². The Hall–Kier alpha value is -0.990. The standard InChI is InChI=1S/C5H8N2O/c1-4-5(2)7(8)3-6-4/h3,8H,1-2H3. The highest BCUT2D eigenvalue weighted by Crippen LogP contribution is 1.99. The number of hydrogen-bond acceptors (Lipinski definition) is 2. The highest BCUT2D eigenvalue weighted by atomic mass is 16.5. The average molecular weight is 112 g/mol. The molecular weight excluding hydrogens is 104 g/mol. The Labute approximate surface area is 47.5 Å². The van der Waals surface area contributed by atoms with Gasteiger partial charge >= 0.3 is 0 Å². The minimum absolute atomic E-state index is 0.796. The molecule has 0 aliphatic rings. The first-order chi connectivity index (χ1) is 3.72. The van der Waals surface area contributed by atoms with Crippen LogP contribution in [0.4, 0.5) is 0 Å². The zero-order valence-electron chi connectivity index (χ0n) is 4.92. The smallest absolute Gasteiger partial charge is 0.132 e. The summed E-state index contributed by atoms with van der Waals surface area (Å²) in [7, 11) is 0. The fourth-order valence-corrected chi connectivity index (χ4v) is 0.487. The van der Waals surface area contributed by atoms with E-state index in [-0.39, 0.29) is 0 Å². The van der Waals surface area contributed by atoms with E-state index in [2.05, 4.69) is 4.98 Å².